The normalized spacial score (nSPS) is 14.4. The number of nitro benzene ring substituents is 1. The van der Waals surface area contributed by atoms with Crippen LogP contribution >= 0.6 is 0 Å². The molecule has 0 saturated carbocycles. The lowest BCUT2D eigenvalue weighted by Crippen LogP contribution is -2.06. The van der Waals surface area contributed by atoms with Crippen molar-refractivity contribution in [2.24, 2.45) is 4.99 Å². The smallest absolute Gasteiger partial charge is 0.363 e. The summed E-state index contributed by atoms with van der Waals surface area (Å²) in [6.07, 6.45) is 1.48. The van der Waals surface area contributed by atoms with E-state index in [0.717, 1.165) is 0 Å². The molecule has 2 aromatic carbocycles. The van der Waals surface area contributed by atoms with Gasteiger partial charge in [-0.15, -0.1) is 0 Å². The predicted molar refractivity (Wildman–Crippen MR) is 105 cm³/mol. The maximum Gasteiger partial charge on any atom is 0.363 e. The number of carbonyl (C=O) groups is 1. The van der Waals surface area contributed by atoms with Crippen molar-refractivity contribution >= 4 is 23.6 Å². The molecule has 9 nitrogen and oxygen atoms in total. The molecule has 0 aromatic heterocycles. The molecule has 1 aliphatic rings. The van der Waals surface area contributed by atoms with E-state index in [9.17, 15) is 14.9 Å². The minimum Gasteiger partial charge on any atom is -0.496 e. The number of hydrogen-bond acceptors (Lipinski definition) is 8. The van der Waals surface area contributed by atoms with E-state index < -0.39 is 10.9 Å². The van der Waals surface area contributed by atoms with Crippen molar-refractivity contribution in [3.63, 3.8) is 0 Å². The molecule has 2 aromatic rings. The number of ether oxygens (including phenoxy) is 4. The molecule has 1 aliphatic heterocycles. The van der Waals surface area contributed by atoms with Gasteiger partial charge in [0.2, 0.25) is 5.90 Å². The van der Waals surface area contributed by atoms with E-state index in [1.165, 1.54) is 33.5 Å². The van der Waals surface area contributed by atoms with E-state index >= 15 is 0 Å². The lowest BCUT2D eigenvalue weighted by molar-refractivity contribution is -0.385. The van der Waals surface area contributed by atoms with Gasteiger partial charge in [-0.1, -0.05) is 6.07 Å². The first-order valence-electron chi connectivity index (χ1n) is 8.46. The summed E-state index contributed by atoms with van der Waals surface area (Å²) in [6.45, 7) is 1.62. The average molecular weight is 398 g/mol. The summed E-state index contributed by atoms with van der Waals surface area (Å²) >= 11 is 0. The third-order valence-electron chi connectivity index (χ3n) is 4.30. The fourth-order valence-electron chi connectivity index (χ4n) is 2.78. The van der Waals surface area contributed by atoms with Crippen LogP contribution in [0, 0.1) is 17.0 Å². The SMILES string of the molecule is COc1cc(OC)c(OC)cc1C=C1N=C(c2ccc(C)c([N+](=O)[O-])c2)OC1=O. The Balaban J connectivity index is 2.03. The second kappa shape index (κ2) is 8.01. The van der Waals surface area contributed by atoms with Crippen LogP contribution in [-0.4, -0.2) is 38.1 Å². The first-order chi connectivity index (χ1) is 13.9. The topological polar surface area (TPSA) is 109 Å². The van der Waals surface area contributed by atoms with Crippen molar-refractivity contribution in [1.82, 2.24) is 0 Å². The van der Waals surface area contributed by atoms with Crippen molar-refractivity contribution in [3.05, 3.63) is 62.8 Å². The van der Waals surface area contributed by atoms with Crippen LogP contribution < -0.4 is 14.2 Å². The van der Waals surface area contributed by atoms with E-state index in [4.69, 9.17) is 18.9 Å². The van der Waals surface area contributed by atoms with Crippen molar-refractivity contribution in [1.29, 1.82) is 0 Å². The molecule has 0 bridgehead atoms. The molecule has 1 heterocycles. The third-order valence-corrected chi connectivity index (χ3v) is 4.30. The lowest BCUT2D eigenvalue weighted by Gasteiger charge is -2.12. The van der Waals surface area contributed by atoms with E-state index in [2.05, 4.69) is 4.99 Å². The third kappa shape index (κ3) is 3.88. The Labute approximate surface area is 166 Å². The number of rotatable bonds is 6. The van der Waals surface area contributed by atoms with Gasteiger partial charge in [-0.25, -0.2) is 9.79 Å². The highest BCUT2D eigenvalue weighted by Gasteiger charge is 2.26. The van der Waals surface area contributed by atoms with Crippen LogP contribution in [0.15, 0.2) is 41.0 Å². The summed E-state index contributed by atoms with van der Waals surface area (Å²) in [5, 5.41) is 11.2. The molecule has 0 N–H and O–H groups in total. The molecule has 0 radical (unpaired) electrons. The summed E-state index contributed by atoms with van der Waals surface area (Å²) in [5.74, 6) is 0.669. The molecule has 150 valence electrons. The Morgan fingerprint density at radius 3 is 2.31 bits per heavy atom. The van der Waals surface area contributed by atoms with Gasteiger partial charge >= 0.3 is 5.97 Å². The highest BCUT2D eigenvalue weighted by atomic mass is 16.6. The predicted octanol–water partition coefficient (Wildman–Crippen LogP) is 3.27. The molecular formula is C20H18N2O7. The zero-order chi connectivity index (χ0) is 21.1. The summed E-state index contributed by atoms with van der Waals surface area (Å²) in [7, 11) is 4.48. The first kappa shape index (κ1) is 19.9. The second-order valence-electron chi connectivity index (χ2n) is 6.04. The summed E-state index contributed by atoms with van der Waals surface area (Å²) in [5.41, 5.74) is 1.29. The van der Waals surface area contributed by atoms with Crippen LogP contribution in [0.2, 0.25) is 0 Å². The molecule has 29 heavy (non-hydrogen) atoms. The largest absolute Gasteiger partial charge is 0.496 e. The van der Waals surface area contributed by atoms with Crippen LogP contribution in [0.4, 0.5) is 5.69 Å². The van der Waals surface area contributed by atoms with Gasteiger partial charge in [-0.05, 0) is 25.1 Å². The number of aryl methyl sites for hydroxylation is 1. The number of nitro groups is 1. The molecule has 0 saturated heterocycles. The van der Waals surface area contributed by atoms with Crippen LogP contribution in [0.25, 0.3) is 6.08 Å². The lowest BCUT2D eigenvalue weighted by atomic mass is 10.1. The van der Waals surface area contributed by atoms with Gasteiger partial charge < -0.3 is 18.9 Å². The fourth-order valence-corrected chi connectivity index (χ4v) is 2.78. The quantitative estimate of drug-likeness (QED) is 0.318. The van der Waals surface area contributed by atoms with E-state index in [-0.39, 0.29) is 17.3 Å². The highest BCUT2D eigenvalue weighted by molar-refractivity contribution is 6.13. The zero-order valence-electron chi connectivity index (χ0n) is 16.2. The van der Waals surface area contributed by atoms with Gasteiger partial charge in [0.05, 0.1) is 26.3 Å². The standard InChI is InChI=1S/C20H18N2O7/c1-11-5-6-12(8-15(11)22(24)25)19-21-14(20(23)29-19)7-13-9-17(27-3)18(28-4)10-16(13)26-2/h5-10H,1-4H3. The number of esters is 1. The minimum absolute atomic E-state index is 0.0104. The molecule has 3 rings (SSSR count). The Bertz CT molecular complexity index is 1060. The van der Waals surface area contributed by atoms with Gasteiger partial charge in [-0.3, -0.25) is 10.1 Å². The number of cyclic esters (lactones) is 1. The average Bonchev–Trinajstić information content (AvgIpc) is 3.08. The maximum atomic E-state index is 12.3. The van der Waals surface area contributed by atoms with Crippen molar-refractivity contribution in [3.8, 4) is 17.2 Å². The summed E-state index contributed by atoms with van der Waals surface area (Å²) < 4.78 is 21.1. The zero-order valence-corrected chi connectivity index (χ0v) is 16.2. The molecule has 0 spiro atoms. The number of benzene rings is 2. The second-order valence-corrected chi connectivity index (χ2v) is 6.04. The maximum absolute atomic E-state index is 12.3. The molecule has 0 amide bonds. The first-order valence-corrected chi connectivity index (χ1v) is 8.46. The molecule has 0 atom stereocenters. The highest BCUT2D eigenvalue weighted by Crippen LogP contribution is 2.36. The molecule has 0 aliphatic carbocycles. The Kier molecular flexibility index (Phi) is 5.49. The van der Waals surface area contributed by atoms with Crippen molar-refractivity contribution in [2.75, 3.05) is 21.3 Å². The monoisotopic (exact) mass is 398 g/mol. The number of methoxy groups -OCH3 is 3. The summed E-state index contributed by atoms with van der Waals surface area (Å²) in [4.78, 5) is 27.1. The fraction of sp³-hybridized carbons (Fsp3) is 0.200. The molecule has 0 fully saturated rings. The van der Waals surface area contributed by atoms with E-state index in [1.54, 1.807) is 31.2 Å². The van der Waals surface area contributed by atoms with E-state index in [1.807, 2.05) is 0 Å². The molecular weight excluding hydrogens is 380 g/mol. The van der Waals surface area contributed by atoms with Crippen LogP contribution in [0.5, 0.6) is 17.2 Å². The molecule has 9 heteroatoms. The van der Waals surface area contributed by atoms with Gasteiger partial charge in [-0.2, -0.15) is 0 Å². The van der Waals surface area contributed by atoms with Gasteiger partial charge in [0.15, 0.2) is 17.2 Å². The Morgan fingerprint density at radius 2 is 1.69 bits per heavy atom. The Morgan fingerprint density at radius 1 is 1.03 bits per heavy atom. The summed E-state index contributed by atoms with van der Waals surface area (Å²) in [6, 6.07) is 7.76. The van der Waals surface area contributed by atoms with Gasteiger partial charge in [0.25, 0.3) is 5.69 Å². The van der Waals surface area contributed by atoms with Gasteiger partial charge in [0.1, 0.15) is 5.75 Å². The number of hydrogen-bond donors (Lipinski definition) is 0. The van der Waals surface area contributed by atoms with Crippen LogP contribution in [0.3, 0.4) is 0 Å². The minimum atomic E-state index is -0.680. The number of nitrogens with zero attached hydrogens (tertiary/aromatic N) is 2. The van der Waals surface area contributed by atoms with Crippen molar-refractivity contribution < 1.29 is 28.7 Å². The van der Waals surface area contributed by atoms with Gasteiger partial charge in [0, 0.05) is 28.8 Å². The number of aliphatic imine (C=N–C) groups is 1. The number of carbonyl (C=O) groups excluding carboxylic acids is 1. The van der Waals surface area contributed by atoms with E-state index in [0.29, 0.717) is 33.9 Å². The van der Waals surface area contributed by atoms with Crippen molar-refractivity contribution in [2.45, 2.75) is 6.92 Å². The molecule has 0 unspecified atom stereocenters. The van der Waals surface area contributed by atoms with Crippen LogP contribution in [0.1, 0.15) is 16.7 Å². The van der Waals surface area contributed by atoms with Crippen LogP contribution in [-0.2, 0) is 9.53 Å². The Hall–Kier alpha value is -3.88.